The lowest BCUT2D eigenvalue weighted by Crippen LogP contribution is -2.23. The molecule has 0 aromatic heterocycles. The fourth-order valence-corrected chi connectivity index (χ4v) is 1.71. The maximum Gasteiger partial charge on any atom is 0.274 e. The standard InChI is InChI=1S/C16H17NO2/c1-2-13-8-10-15(11-9-13)16(18)17-19-12-14-6-4-3-5-7-14/h3-11H,2,12H2,1H3,(H,17,18). The Balaban J connectivity index is 1.84. The smallest absolute Gasteiger partial charge is 0.269 e. The summed E-state index contributed by atoms with van der Waals surface area (Å²) in [5, 5.41) is 0. The molecular formula is C16H17NO2. The summed E-state index contributed by atoms with van der Waals surface area (Å²) in [6.07, 6.45) is 0.965. The number of hydrogen-bond acceptors (Lipinski definition) is 2. The summed E-state index contributed by atoms with van der Waals surface area (Å²) in [4.78, 5) is 17.0. The SMILES string of the molecule is CCc1ccc(C(=O)NOCc2ccccc2)cc1. The first-order chi connectivity index (χ1) is 9.29. The van der Waals surface area contributed by atoms with E-state index in [1.165, 1.54) is 5.56 Å². The van der Waals surface area contributed by atoms with Gasteiger partial charge in [-0.25, -0.2) is 5.48 Å². The van der Waals surface area contributed by atoms with Crippen molar-refractivity contribution >= 4 is 5.91 Å². The van der Waals surface area contributed by atoms with Gasteiger partial charge in [-0.2, -0.15) is 0 Å². The van der Waals surface area contributed by atoms with Crippen LogP contribution in [-0.2, 0) is 17.9 Å². The normalized spacial score (nSPS) is 10.2. The highest BCUT2D eigenvalue weighted by molar-refractivity contribution is 5.93. The molecule has 3 heteroatoms. The van der Waals surface area contributed by atoms with Crippen LogP contribution in [0.25, 0.3) is 0 Å². The predicted octanol–water partition coefficient (Wildman–Crippen LogP) is 3.11. The molecule has 0 unspecified atom stereocenters. The highest BCUT2D eigenvalue weighted by Gasteiger charge is 2.04. The topological polar surface area (TPSA) is 38.3 Å². The molecule has 98 valence electrons. The molecule has 0 saturated heterocycles. The van der Waals surface area contributed by atoms with Gasteiger partial charge in [0.25, 0.3) is 5.91 Å². The molecule has 1 amide bonds. The quantitative estimate of drug-likeness (QED) is 0.834. The molecule has 0 spiro atoms. The van der Waals surface area contributed by atoms with Gasteiger partial charge < -0.3 is 0 Å². The number of hydroxylamine groups is 1. The molecule has 0 saturated carbocycles. The lowest BCUT2D eigenvalue weighted by Gasteiger charge is -2.06. The Morgan fingerprint density at radius 2 is 1.68 bits per heavy atom. The molecule has 0 bridgehead atoms. The van der Waals surface area contributed by atoms with Gasteiger partial charge in [-0.3, -0.25) is 9.63 Å². The Morgan fingerprint density at radius 1 is 1.00 bits per heavy atom. The van der Waals surface area contributed by atoms with Crippen LogP contribution in [0.3, 0.4) is 0 Å². The van der Waals surface area contributed by atoms with Crippen LogP contribution < -0.4 is 5.48 Å². The van der Waals surface area contributed by atoms with Crippen LogP contribution in [0, 0.1) is 0 Å². The van der Waals surface area contributed by atoms with Crippen molar-refractivity contribution in [3.05, 3.63) is 71.3 Å². The second-order valence-corrected chi connectivity index (χ2v) is 4.26. The van der Waals surface area contributed by atoms with Gasteiger partial charge in [0.05, 0.1) is 6.61 Å². The van der Waals surface area contributed by atoms with Gasteiger partial charge in [0, 0.05) is 5.56 Å². The van der Waals surface area contributed by atoms with E-state index >= 15 is 0 Å². The molecule has 0 aliphatic carbocycles. The second kappa shape index (κ2) is 6.71. The van der Waals surface area contributed by atoms with Crippen molar-refractivity contribution in [2.24, 2.45) is 0 Å². The van der Waals surface area contributed by atoms with Gasteiger partial charge in [0.2, 0.25) is 0 Å². The summed E-state index contributed by atoms with van der Waals surface area (Å²) in [5.41, 5.74) is 5.28. The fourth-order valence-electron chi connectivity index (χ4n) is 1.71. The van der Waals surface area contributed by atoms with Crippen molar-refractivity contribution < 1.29 is 9.63 Å². The third-order valence-corrected chi connectivity index (χ3v) is 2.87. The van der Waals surface area contributed by atoms with E-state index < -0.39 is 0 Å². The summed E-state index contributed by atoms with van der Waals surface area (Å²) in [6, 6.07) is 17.2. The molecule has 0 aliphatic heterocycles. The summed E-state index contributed by atoms with van der Waals surface area (Å²) in [5.74, 6) is -0.224. The summed E-state index contributed by atoms with van der Waals surface area (Å²) in [6.45, 7) is 2.44. The van der Waals surface area contributed by atoms with Gasteiger partial charge in [-0.05, 0) is 29.7 Å². The molecule has 1 N–H and O–H groups in total. The molecule has 19 heavy (non-hydrogen) atoms. The van der Waals surface area contributed by atoms with E-state index in [0.29, 0.717) is 12.2 Å². The van der Waals surface area contributed by atoms with Crippen LogP contribution in [-0.4, -0.2) is 5.91 Å². The molecular weight excluding hydrogens is 238 g/mol. The summed E-state index contributed by atoms with van der Waals surface area (Å²) < 4.78 is 0. The molecule has 0 atom stereocenters. The molecule has 2 aromatic rings. The van der Waals surface area contributed by atoms with E-state index in [-0.39, 0.29) is 5.91 Å². The van der Waals surface area contributed by atoms with Crippen LogP contribution in [0.4, 0.5) is 0 Å². The average Bonchev–Trinajstić information content (AvgIpc) is 2.48. The molecule has 0 aliphatic rings. The predicted molar refractivity (Wildman–Crippen MR) is 74.5 cm³/mol. The Morgan fingerprint density at radius 3 is 2.32 bits per heavy atom. The van der Waals surface area contributed by atoms with E-state index in [0.717, 1.165) is 12.0 Å². The molecule has 0 radical (unpaired) electrons. The minimum absolute atomic E-state index is 0.224. The molecule has 0 fully saturated rings. The van der Waals surface area contributed by atoms with Gasteiger partial charge >= 0.3 is 0 Å². The fraction of sp³-hybridized carbons (Fsp3) is 0.188. The van der Waals surface area contributed by atoms with Crippen LogP contribution in [0.2, 0.25) is 0 Å². The monoisotopic (exact) mass is 255 g/mol. The number of hydrogen-bond donors (Lipinski definition) is 1. The Hall–Kier alpha value is -2.13. The molecule has 2 aromatic carbocycles. The zero-order chi connectivity index (χ0) is 13.5. The lowest BCUT2D eigenvalue weighted by molar-refractivity contribution is 0.0233. The van der Waals surface area contributed by atoms with Crippen molar-refractivity contribution in [2.45, 2.75) is 20.0 Å². The van der Waals surface area contributed by atoms with Crippen molar-refractivity contribution in [2.75, 3.05) is 0 Å². The second-order valence-electron chi connectivity index (χ2n) is 4.26. The Labute approximate surface area is 113 Å². The van der Waals surface area contributed by atoms with Crippen molar-refractivity contribution in [1.29, 1.82) is 0 Å². The van der Waals surface area contributed by atoms with Gasteiger partial charge in [-0.1, -0.05) is 49.4 Å². The first kappa shape index (κ1) is 13.3. The summed E-state index contributed by atoms with van der Waals surface area (Å²) in [7, 11) is 0. The highest BCUT2D eigenvalue weighted by Crippen LogP contribution is 2.05. The van der Waals surface area contributed by atoms with Crippen LogP contribution in [0.5, 0.6) is 0 Å². The number of benzene rings is 2. The van der Waals surface area contributed by atoms with Crippen molar-refractivity contribution in [3.63, 3.8) is 0 Å². The average molecular weight is 255 g/mol. The third kappa shape index (κ3) is 3.93. The van der Waals surface area contributed by atoms with Crippen LogP contribution in [0.15, 0.2) is 54.6 Å². The number of rotatable bonds is 5. The minimum Gasteiger partial charge on any atom is -0.269 e. The maximum absolute atomic E-state index is 11.8. The van der Waals surface area contributed by atoms with E-state index in [2.05, 4.69) is 12.4 Å². The van der Waals surface area contributed by atoms with E-state index in [1.807, 2.05) is 42.5 Å². The maximum atomic E-state index is 11.8. The lowest BCUT2D eigenvalue weighted by atomic mass is 10.1. The Kier molecular flexibility index (Phi) is 4.70. The number of carbonyl (C=O) groups is 1. The number of nitrogens with one attached hydrogen (secondary N) is 1. The minimum atomic E-state index is -0.224. The van der Waals surface area contributed by atoms with Gasteiger partial charge in [0.15, 0.2) is 0 Å². The summed E-state index contributed by atoms with van der Waals surface area (Å²) >= 11 is 0. The number of carbonyl (C=O) groups excluding carboxylic acids is 1. The van der Waals surface area contributed by atoms with E-state index in [9.17, 15) is 4.79 Å². The zero-order valence-electron chi connectivity index (χ0n) is 10.9. The molecule has 0 heterocycles. The number of amides is 1. The van der Waals surface area contributed by atoms with Gasteiger partial charge in [-0.15, -0.1) is 0 Å². The number of aryl methyl sites for hydroxylation is 1. The van der Waals surface area contributed by atoms with Crippen LogP contribution in [0.1, 0.15) is 28.4 Å². The first-order valence-electron chi connectivity index (χ1n) is 6.34. The molecule has 2 rings (SSSR count). The van der Waals surface area contributed by atoms with Crippen molar-refractivity contribution in [3.8, 4) is 0 Å². The zero-order valence-corrected chi connectivity index (χ0v) is 10.9. The van der Waals surface area contributed by atoms with E-state index in [4.69, 9.17) is 4.84 Å². The third-order valence-electron chi connectivity index (χ3n) is 2.87. The Bertz CT molecular complexity index is 520. The first-order valence-corrected chi connectivity index (χ1v) is 6.34. The largest absolute Gasteiger partial charge is 0.274 e. The molecule has 3 nitrogen and oxygen atoms in total. The van der Waals surface area contributed by atoms with Gasteiger partial charge in [0.1, 0.15) is 0 Å². The van der Waals surface area contributed by atoms with Crippen molar-refractivity contribution in [1.82, 2.24) is 5.48 Å². The highest BCUT2D eigenvalue weighted by atomic mass is 16.6. The van der Waals surface area contributed by atoms with Crippen LogP contribution >= 0.6 is 0 Å². The van der Waals surface area contributed by atoms with E-state index in [1.54, 1.807) is 12.1 Å².